The van der Waals surface area contributed by atoms with Crippen LogP contribution in [-0.2, 0) is 13.1 Å². The average molecular weight is 392 g/mol. The first-order valence-electron chi connectivity index (χ1n) is 9.85. The zero-order chi connectivity index (χ0) is 20.5. The third-order valence-corrected chi connectivity index (χ3v) is 5.25. The van der Waals surface area contributed by atoms with Crippen molar-refractivity contribution in [2.75, 3.05) is 0 Å². The van der Waals surface area contributed by atoms with Gasteiger partial charge >= 0.3 is 5.69 Å². The Kier molecular flexibility index (Phi) is 4.92. The zero-order valence-electron chi connectivity index (χ0n) is 16.8. The summed E-state index contributed by atoms with van der Waals surface area (Å²) in [6.45, 7) is 6.78. The number of fused-ring (bicyclic) bond motifs is 1. The Hall–Kier alpha value is -3.42. The molecule has 3 heterocycles. The quantitative estimate of drug-likeness (QED) is 0.546. The van der Waals surface area contributed by atoms with E-state index >= 15 is 0 Å². The average Bonchev–Trinajstić information content (AvgIpc) is 3.36. The van der Waals surface area contributed by atoms with E-state index < -0.39 is 0 Å². The fourth-order valence-corrected chi connectivity index (χ4v) is 3.47. The Bertz CT molecular complexity index is 1260. The number of nitrogens with zero attached hydrogens (tertiary/aromatic N) is 5. The molecule has 0 bridgehead atoms. The molecule has 1 N–H and O–H groups in total. The van der Waals surface area contributed by atoms with Crippen molar-refractivity contribution in [1.29, 1.82) is 0 Å². The highest BCUT2D eigenvalue weighted by molar-refractivity contribution is 5.75. The van der Waals surface area contributed by atoms with Crippen LogP contribution in [0, 0.1) is 0 Å². The minimum atomic E-state index is -0.334. The molecule has 150 valence electrons. The van der Waals surface area contributed by atoms with E-state index in [0.29, 0.717) is 36.5 Å². The summed E-state index contributed by atoms with van der Waals surface area (Å²) in [5, 5.41) is 4.40. The van der Waals surface area contributed by atoms with E-state index in [9.17, 15) is 9.59 Å². The molecule has 29 heavy (non-hydrogen) atoms. The first-order chi connectivity index (χ1) is 14.0. The molecule has 1 unspecified atom stereocenters. The fraction of sp³-hybridized carbons (Fsp3) is 0.333. The van der Waals surface area contributed by atoms with Gasteiger partial charge in [0.25, 0.3) is 5.56 Å². The molecular weight excluding hydrogens is 368 g/mol. The Morgan fingerprint density at radius 3 is 2.59 bits per heavy atom. The number of aromatic nitrogens is 6. The van der Waals surface area contributed by atoms with Crippen LogP contribution < -0.4 is 11.2 Å². The molecule has 0 aliphatic heterocycles. The van der Waals surface area contributed by atoms with E-state index in [0.717, 1.165) is 11.1 Å². The van der Waals surface area contributed by atoms with Gasteiger partial charge in [-0.3, -0.25) is 18.6 Å². The molecule has 0 fully saturated rings. The van der Waals surface area contributed by atoms with Gasteiger partial charge in [-0.05, 0) is 25.8 Å². The van der Waals surface area contributed by atoms with Gasteiger partial charge < -0.3 is 4.98 Å². The van der Waals surface area contributed by atoms with Gasteiger partial charge in [0.1, 0.15) is 11.3 Å². The lowest BCUT2D eigenvalue weighted by Gasteiger charge is -2.14. The predicted molar refractivity (Wildman–Crippen MR) is 112 cm³/mol. The van der Waals surface area contributed by atoms with E-state index in [4.69, 9.17) is 0 Å². The fourth-order valence-electron chi connectivity index (χ4n) is 3.47. The number of nitrogens with one attached hydrogen (secondary N) is 1. The van der Waals surface area contributed by atoms with Gasteiger partial charge in [-0.2, -0.15) is 5.10 Å². The lowest BCUT2D eigenvalue weighted by atomic mass is 10.2. The number of H-pyrrole nitrogens is 1. The van der Waals surface area contributed by atoms with Crippen molar-refractivity contribution in [2.45, 2.75) is 46.3 Å². The lowest BCUT2D eigenvalue weighted by molar-refractivity contribution is 0.473. The number of rotatable bonds is 6. The van der Waals surface area contributed by atoms with Crippen molar-refractivity contribution in [2.24, 2.45) is 0 Å². The van der Waals surface area contributed by atoms with Crippen LogP contribution in [-0.4, -0.2) is 28.9 Å². The van der Waals surface area contributed by atoms with Crippen LogP contribution in [0.1, 0.15) is 38.8 Å². The lowest BCUT2D eigenvalue weighted by Crippen LogP contribution is -2.41. The number of aromatic amines is 1. The van der Waals surface area contributed by atoms with E-state index in [1.165, 1.54) is 9.13 Å². The predicted octanol–water partition coefficient (Wildman–Crippen LogP) is 2.79. The molecule has 0 saturated carbocycles. The SMILES string of the molecule is CCC(C)n1c(=O)c2[nH]c(-c3cnn(Cc4ccccc4)c3)nc2n(CC)c1=O. The summed E-state index contributed by atoms with van der Waals surface area (Å²) in [4.78, 5) is 33.5. The molecule has 8 heteroatoms. The summed E-state index contributed by atoms with van der Waals surface area (Å²) in [5.74, 6) is 0.528. The van der Waals surface area contributed by atoms with Crippen molar-refractivity contribution in [3.8, 4) is 11.4 Å². The molecule has 0 amide bonds. The molecule has 8 nitrogen and oxygen atoms in total. The van der Waals surface area contributed by atoms with Crippen molar-refractivity contribution >= 4 is 11.2 Å². The number of imidazole rings is 1. The van der Waals surface area contributed by atoms with Gasteiger partial charge in [-0.15, -0.1) is 0 Å². The maximum atomic E-state index is 13.0. The van der Waals surface area contributed by atoms with Gasteiger partial charge in [-0.1, -0.05) is 37.3 Å². The third kappa shape index (κ3) is 3.30. The topological polar surface area (TPSA) is 90.5 Å². The molecule has 1 aromatic carbocycles. The highest BCUT2D eigenvalue weighted by Gasteiger charge is 2.20. The van der Waals surface area contributed by atoms with Crippen molar-refractivity contribution < 1.29 is 0 Å². The number of hydrogen-bond donors (Lipinski definition) is 1. The smallest absolute Gasteiger partial charge is 0.332 e. The third-order valence-electron chi connectivity index (χ3n) is 5.25. The molecule has 0 aliphatic rings. The summed E-state index contributed by atoms with van der Waals surface area (Å²) in [7, 11) is 0. The maximum Gasteiger partial charge on any atom is 0.332 e. The summed E-state index contributed by atoms with van der Waals surface area (Å²) in [6, 6.07) is 9.86. The van der Waals surface area contributed by atoms with E-state index in [-0.39, 0.29) is 17.3 Å². The Labute approximate surface area is 167 Å². The second kappa shape index (κ2) is 7.54. The molecule has 0 saturated heterocycles. The van der Waals surface area contributed by atoms with Crippen molar-refractivity contribution in [3.63, 3.8) is 0 Å². The van der Waals surface area contributed by atoms with Gasteiger partial charge in [0.05, 0.1) is 18.3 Å². The van der Waals surface area contributed by atoms with Crippen LogP contribution in [0.25, 0.3) is 22.6 Å². The van der Waals surface area contributed by atoms with Gasteiger partial charge in [-0.25, -0.2) is 9.78 Å². The van der Waals surface area contributed by atoms with Gasteiger partial charge in [0.2, 0.25) is 0 Å². The monoisotopic (exact) mass is 392 g/mol. The highest BCUT2D eigenvalue weighted by Crippen LogP contribution is 2.19. The molecule has 3 aromatic heterocycles. The van der Waals surface area contributed by atoms with Gasteiger partial charge in [0.15, 0.2) is 5.65 Å². The Balaban J connectivity index is 1.79. The van der Waals surface area contributed by atoms with Gasteiger partial charge in [0, 0.05) is 18.8 Å². The summed E-state index contributed by atoms with van der Waals surface area (Å²) < 4.78 is 4.67. The number of benzene rings is 1. The van der Waals surface area contributed by atoms with Crippen molar-refractivity contribution in [1.82, 2.24) is 28.9 Å². The van der Waals surface area contributed by atoms with E-state index in [1.807, 2.05) is 62.0 Å². The molecule has 0 radical (unpaired) electrons. The molecule has 0 spiro atoms. The Morgan fingerprint density at radius 2 is 1.90 bits per heavy atom. The highest BCUT2D eigenvalue weighted by atomic mass is 16.2. The maximum absolute atomic E-state index is 13.0. The van der Waals surface area contributed by atoms with Crippen LogP contribution in [0.4, 0.5) is 0 Å². The summed E-state index contributed by atoms with van der Waals surface area (Å²) in [6.07, 6.45) is 4.28. The number of hydrogen-bond acceptors (Lipinski definition) is 4. The van der Waals surface area contributed by atoms with Crippen LogP contribution in [0.2, 0.25) is 0 Å². The second-order valence-corrected chi connectivity index (χ2v) is 7.16. The molecule has 4 aromatic rings. The van der Waals surface area contributed by atoms with E-state index in [2.05, 4.69) is 15.1 Å². The first-order valence-corrected chi connectivity index (χ1v) is 9.85. The van der Waals surface area contributed by atoms with E-state index in [1.54, 1.807) is 6.20 Å². The largest absolute Gasteiger partial charge is 0.332 e. The molecule has 0 aliphatic carbocycles. The second-order valence-electron chi connectivity index (χ2n) is 7.16. The first kappa shape index (κ1) is 18.9. The van der Waals surface area contributed by atoms with Crippen LogP contribution in [0.15, 0.2) is 52.3 Å². The number of aryl methyl sites for hydroxylation is 1. The standard InChI is InChI=1S/C21H24N6O2/c1-4-14(3)27-20(28)17-19(26(5-2)21(27)29)24-18(23-17)16-11-22-25(13-16)12-15-9-7-6-8-10-15/h6-11,13-14H,4-5,12H2,1-3H3,(H,23,24). The molecular formula is C21H24N6O2. The van der Waals surface area contributed by atoms with Crippen LogP contribution in [0.5, 0.6) is 0 Å². The summed E-state index contributed by atoms with van der Waals surface area (Å²) >= 11 is 0. The molecule has 1 atom stereocenters. The minimum Gasteiger partial charge on any atom is -0.332 e. The van der Waals surface area contributed by atoms with Crippen LogP contribution >= 0.6 is 0 Å². The zero-order valence-corrected chi connectivity index (χ0v) is 16.8. The normalized spacial score (nSPS) is 12.5. The Morgan fingerprint density at radius 1 is 1.14 bits per heavy atom. The van der Waals surface area contributed by atoms with Crippen molar-refractivity contribution in [3.05, 3.63) is 69.1 Å². The summed E-state index contributed by atoms with van der Waals surface area (Å²) in [5.41, 5.74) is 1.98. The molecule has 4 rings (SSSR count). The minimum absolute atomic E-state index is 0.183. The van der Waals surface area contributed by atoms with Crippen LogP contribution in [0.3, 0.4) is 0 Å².